The summed E-state index contributed by atoms with van der Waals surface area (Å²) in [7, 11) is 0. The third kappa shape index (κ3) is 2.57. The maximum absolute atomic E-state index is 13.2. The predicted octanol–water partition coefficient (Wildman–Crippen LogP) is 2.02. The summed E-state index contributed by atoms with van der Waals surface area (Å²) in [5, 5.41) is 0.743. The van der Waals surface area contributed by atoms with E-state index in [0.29, 0.717) is 11.4 Å². The second-order valence-corrected chi connectivity index (χ2v) is 5.28. The lowest BCUT2D eigenvalue weighted by Gasteiger charge is -2.12. The third-order valence-corrected chi connectivity index (χ3v) is 3.81. The molecule has 1 aromatic heterocycles. The molecule has 100 valence electrons. The molecule has 1 saturated heterocycles. The first-order valence-corrected chi connectivity index (χ1v) is 6.70. The molecule has 3 rings (SSSR count). The summed E-state index contributed by atoms with van der Waals surface area (Å²) in [6.07, 6.45) is 0.920. The molecular formula is C12H12F2N4S. The SMILES string of the molecule is NC1CCN(c2nc(-c3cc(F)cc(F)c3)ns2)C1. The van der Waals surface area contributed by atoms with Crippen LogP contribution in [-0.2, 0) is 0 Å². The lowest BCUT2D eigenvalue weighted by Crippen LogP contribution is -2.26. The molecule has 1 aliphatic heterocycles. The molecule has 2 aromatic rings. The first-order chi connectivity index (χ1) is 9.11. The average molecular weight is 282 g/mol. The van der Waals surface area contributed by atoms with Crippen LogP contribution in [0.2, 0.25) is 0 Å². The third-order valence-electron chi connectivity index (χ3n) is 3.03. The summed E-state index contributed by atoms with van der Waals surface area (Å²) in [6.45, 7) is 1.58. The van der Waals surface area contributed by atoms with E-state index in [1.807, 2.05) is 4.90 Å². The van der Waals surface area contributed by atoms with Crippen molar-refractivity contribution >= 4 is 16.7 Å². The number of hydrogen-bond acceptors (Lipinski definition) is 5. The van der Waals surface area contributed by atoms with Crippen LogP contribution < -0.4 is 10.6 Å². The molecule has 1 unspecified atom stereocenters. The lowest BCUT2D eigenvalue weighted by molar-refractivity contribution is 0.584. The molecule has 1 aliphatic rings. The van der Waals surface area contributed by atoms with E-state index in [-0.39, 0.29) is 6.04 Å². The molecule has 0 spiro atoms. The Kier molecular flexibility index (Phi) is 3.16. The van der Waals surface area contributed by atoms with Gasteiger partial charge in [-0.25, -0.2) is 8.78 Å². The van der Waals surface area contributed by atoms with Gasteiger partial charge in [0.15, 0.2) is 5.82 Å². The van der Waals surface area contributed by atoms with Crippen LogP contribution >= 0.6 is 11.5 Å². The zero-order valence-electron chi connectivity index (χ0n) is 10.0. The second kappa shape index (κ2) is 4.82. The van der Waals surface area contributed by atoms with Gasteiger partial charge in [0.05, 0.1) is 0 Å². The number of aromatic nitrogens is 2. The maximum Gasteiger partial charge on any atom is 0.205 e. The molecular weight excluding hydrogens is 270 g/mol. The molecule has 0 saturated carbocycles. The highest BCUT2D eigenvalue weighted by atomic mass is 32.1. The van der Waals surface area contributed by atoms with Gasteiger partial charge < -0.3 is 10.6 Å². The van der Waals surface area contributed by atoms with Crippen molar-refractivity contribution in [1.29, 1.82) is 0 Å². The van der Waals surface area contributed by atoms with Gasteiger partial charge in [0.25, 0.3) is 0 Å². The van der Waals surface area contributed by atoms with Gasteiger partial charge in [-0.1, -0.05) is 0 Å². The summed E-state index contributed by atoms with van der Waals surface area (Å²) in [4.78, 5) is 6.37. The summed E-state index contributed by atoms with van der Waals surface area (Å²) >= 11 is 1.22. The van der Waals surface area contributed by atoms with Gasteiger partial charge in [-0.2, -0.15) is 9.36 Å². The highest BCUT2D eigenvalue weighted by molar-refractivity contribution is 7.09. The van der Waals surface area contributed by atoms with Gasteiger partial charge in [0.2, 0.25) is 5.13 Å². The van der Waals surface area contributed by atoms with Crippen LogP contribution in [0.15, 0.2) is 18.2 Å². The fourth-order valence-electron chi connectivity index (χ4n) is 2.11. The highest BCUT2D eigenvalue weighted by Gasteiger charge is 2.22. The lowest BCUT2D eigenvalue weighted by atomic mass is 10.2. The van der Waals surface area contributed by atoms with Crippen molar-refractivity contribution in [3.8, 4) is 11.4 Å². The minimum absolute atomic E-state index is 0.152. The Morgan fingerprint density at radius 1 is 1.26 bits per heavy atom. The van der Waals surface area contributed by atoms with E-state index >= 15 is 0 Å². The number of rotatable bonds is 2. The number of benzene rings is 1. The Labute approximate surface area is 113 Å². The molecule has 19 heavy (non-hydrogen) atoms. The summed E-state index contributed by atoms with van der Waals surface area (Å²) in [5.74, 6) is -0.914. The normalized spacial score (nSPS) is 19.1. The van der Waals surface area contributed by atoms with E-state index < -0.39 is 11.6 Å². The van der Waals surface area contributed by atoms with Crippen LogP contribution in [0.1, 0.15) is 6.42 Å². The quantitative estimate of drug-likeness (QED) is 0.915. The second-order valence-electron chi connectivity index (χ2n) is 4.55. The first kappa shape index (κ1) is 12.4. The van der Waals surface area contributed by atoms with Crippen molar-refractivity contribution in [2.75, 3.05) is 18.0 Å². The van der Waals surface area contributed by atoms with Crippen molar-refractivity contribution in [1.82, 2.24) is 9.36 Å². The van der Waals surface area contributed by atoms with E-state index in [4.69, 9.17) is 5.73 Å². The topological polar surface area (TPSA) is 55.0 Å². The standard InChI is InChI=1S/C12H12F2N4S/c13-8-3-7(4-9(14)5-8)11-16-12(19-17-11)18-2-1-10(15)6-18/h3-5,10H,1-2,6,15H2. The zero-order chi connectivity index (χ0) is 13.4. The largest absolute Gasteiger partial charge is 0.345 e. The smallest absolute Gasteiger partial charge is 0.205 e. The number of anilines is 1. The van der Waals surface area contributed by atoms with Crippen LogP contribution in [-0.4, -0.2) is 28.5 Å². The molecule has 1 fully saturated rings. The van der Waals surface area contributed by atoms with Crippen molar-refractivity contribution < 1.29 is 8.78 Å². The van der Waals surface area contributed by atoms with Gasteiger partial charge in [0, 0.05) is 42.3 Å². The van der Waals surface area contributed by atoms with E-state index in [1.54, 1.807) is 0 Å². The molecule has 1 atom stereocenters. The van der Waals surface area contributed by atoms with Crippen molar-refractivity contribution in [3.05, 3.63) is 29.8 Å². The first-order valence-electron chi connectivity index (χ1n) is 5.92. The molecule has 4 nitrogen and oxygen atoms in total. The fourth-order valence-corrected chi connectivity index (χ4v) is 2.83. The molecule has 0 aliphatic carbocycles. The van der Waals surface area contributed by atoms with Crippen LogP contribution in [0, 0.1) is 11.6 Å². The van der Waals surface area contributed by atoms with Crippen molar-refractivity contribution in [3.63, 3.8) is 0 Å². The Bertz CT molecular complexity index is 581. The molecule has 0 radical (unpaired) electrons. The molecule has 2 heterocycles. The van der Waals surface area contributed by atoms with Crippen molar-refractivity contribution in [2.24, 2.45) is 5.73 Å². The summed E-state index contributed by atoms with van der Waals surface area (Å²) in [5.41, 5.74) is 6.19. The van der Waals surface area contributed by atoms with Crippen molar-refractivity contribution in [2.45, 2.75) is 12.5 Å². The monoisotopic (exact) mass is 282 g/mol. The molecule has 0 amide bonds. The minimum atomic E-state index is -0.630. The fraction of sp³-hybridized carbons (Fsp3) is 0.333. The molecule has 1 aromatic carbocycles. The van der Waals surface area contributed by atoms with Crippen LogP contribution in [0.3, 0.4) is 0 Å². The van der Waals surface area contributed by atoms with E-state index in [1.165, 1.54) is 23.7 Å². The van der Waals surface area contributed by atoms with Gasteiger partial charge in [0.1, 0.15) is 11.6 Å². The van der Waals surface area contributed by atoms with Gasteiger partial charge in [-0.05, 0) is 18.6 Å². The number of halogens is 2. The summed E-state index contributed by atoms with van der Waals surface area (Å²) < 4.78 is 30.5. The Morgan fingerprint density at radius 2 is 2.00 bits per heavy atom. The molecule has 0 bridgehead atoms. The maximum atomic E-state index is 13.2. The molecule has 2 N–H and O–H groups in total. The summed E-state index contributed by atoms with van der Waals surface area (Å²) in [6, 6.07) is 3.44. The zero-order valence-corrected chi connectivity index (χ0v) is 10.8. The van der Waals surface area contributed by atoms with Gasteiger partial charge >= 0.3 is 0 Å². The number of nitrogens with zero attached hydrogens (tertiary/aromatic N) is 3. The van der Waals surface area contributed by atoms with Crippen LogP contribution in [0.5, 0.6) is 0 Å². The Balaban J connectivity index is 1.88. The van der Waals surface area contributed by atoms with E-state index in [9.17, 15) is 8.78 Å². The molecule has 7 heteroatoms. The number of nitrogens with two attached hydrogens (primary N) is 1. The highest BCUT2D eigenvalue weighted by Crippen LogP contribution is 2.27. The van der Waals surface area contributed by atoms with E-state index in [0.717, 1.165) is 30.7 Å². The van der Waals surface area contributed by atoms with E-state index in [2.05, 4.69) is 9.36 Å². The van der Waals surface area contributed by atoms with Gasteiger partial charge in [-0.3, -0.25) is 0 Å². The van der Waals surface area contributed by atoms with Crippen LogP contribution in [0.25, 0.3) is 11.4 Å². The van der Waals surface area contributed by atoms with Crippen LogP contribution in [0.4, 0.5) is 13.9 Å². The predicted molar refractivity (Wildman–Crippen MR) is 70.1 cm³/mol. The minimum Gasteiger partial charge on any atom is -0.345 e. The Hall–Kier alpha value is -1.60. The van der Waals surface area contributed by atoms with Gasteiger partial charge in [-0.15, -0.1) is 0 Å². The number of hydrogen-bond donors (Lipinski definition) is 1. The Morgan fingerprint density at radius 3 is 2.63 bits per heavy atom. The average Bonchev–Trinajstić information content (AvgIpc) is 2.95.